The van der Waals surface area contributed by atoms with E-state index < -0.39 is 5.60 Å². The highest BCUT2D eigenvalue weighted by atomic mass is 19.1. The lowest BCUT2D eigenvalue weighted by atomic mass is 9.90. The molecule has 0 bridgehead atoms. The molecule has 0 aliphatic carbocycles. The zero-order chi connectivity index (χ0) is 10.8. The first-order valence-corrected chi connectivity index (χ1v) is 4.72. The minimum Gasteiger partial charge on any atom is -0.384 e. The van der Waals surface area contributed by atoms with Gasteiger partial charge in [0.2, 0.25) is 0 Å². The van der Waals surface area contributed by atoms with Crippen molar-refractivity contribution >= 4 is 0 Å². The fourth-order valence-corrected chi connectivity index (χ4v) is 1.40. The fraction of sp³-hybridized carbons (Fsp3) is 0.455. The molecule has 1 atom stereocenters. The fourth-order valence-electron chi connectivity index (χ4n) is 1.40. The summed E-state index contributed by atoms with van der Waals surface area (Å²) in [5.41, 5.74) is 5.68. The average Bonchev–Trinajstić information content (AvgIpc) is 2.21. The van der Waals surface area contributed by atoms with E-state index >= 15 is 0 Å². The van der Waals surface area contributed by atoms with Crippen LogP contribution in [0.4, 0.5) is 4.39 Å². The maximum atomic E-state index is 13.0. The van der Waals surface area contributed by atoms with E-state index in [4.69, 9.17) is 5.73 Å². The molecule has 2 nitrogen and oxygen atoms in total. The largest absolute Gasteiger partial charge is 0.384 e. The smallest absolute Gasteiger partial charge is 0.126 e. The van der Waals surface area contributed by atoms with Crippen LogP contribution in [0.15, 0.2) is 18.2 Å². The lowest BCUT2D eigenvalue weighted by Crippen LogP contribution is -2.34. The van der Waals surface area contributed by atoms with Gasteiger partial charge in [-0.3, -0.25) is 0 Å². The van der Waals surface area contributed by atoms with Crippen molar-refractivity contribution in [3.8, 4) is 0 Å². The Hall–Kier alpha value is -0.930. The van der Waals surface area contributed by atoms with Gasteiger partial charge in [0.1, 0.15) is 11.4 Å². The van der Waals surface area contributed by atoms with Gasteiger partial charge in [-0.25, -0.2) is 4.39 Å². The Labute approximate surface area is 83.6 Å². The topological polar surface area (TPSA) is 46.2 Å². The highest BCUT2D eigenvalue weighted by Gasteiger charge is 2.25. The molecule has 0 heterocycles. The summed E-state index contributed by atoms with van der Waals surface area (Å²) in [5, 5.41) is 10.1. The van der Waals surface area contributed by atoms with Gasteiger partial charge >= 0.3 is 0 Å². The third kappa shape index (κ3) is 1.94. The van der Waals surface area contributed by atoms with Gasteiger partial charge in [0, 0.05) is 6.54 Å². The van der Waals surface area contributed by atoms with Gasteiger partial charge in [-0.15, -0.1) is 0 Å². The van der Waals surface area contributed by atoms with Crippen molar-refractivity contribution in [3.05, 3.63) is 35.1 Å². The number of nitrogens with two attached hydrogens (primary N) is 1. The second-order valence-corrected chi connectivity index (χ2v) is 3.55. The highest BCUT2D eigenvalue weighted by molar-refractivity contribution is 5.28. The molecule has 0 aliphatic rings. The predicted octanol–water partition coefficient (Wildman–Crippen LogP) is 1.69. The third-order valence-corrected chi connectivity index (χ3v) is 2.62. The van der Waals surface area contributed by atoms with E-state index in [9.17, 15) is 9.50 Å². The monoisotopic (exact) mass is 197 g/mol. The zero-order valence-corrected chi connectivity index (χ0v) is 8.55. The average molecular weight is 197 g/mol. The van der Waals surface area contributed by atoms with Gasteiger partial charge in [-0.05, 0) is 30.5 Å². The van der Waals surface area contributed by atoms with Gasteiger partial charge in [0.25, 0.3) is 0 Å². The van der Waals surface area contributed by atoms with Gasteiger partial charge in [-0.2, -0.15) is 0 Å². The Morgan fingerprint density at radius 1 is 1.50 bits per heavy atom. The molecule has 0 amide bonds. The minimum absolute atomic E-state index is 0.147. The molecule has 1 unspecified atom stereocenters. The molecule has 1 aromatic carbocycles. The summed E-state index contributed by atoms with van der Waals surface area (Å²) in [7, 11) is 0. The standard InChI is InChI=1S/C11H16FNO/c1-3-11(14,7-13)9-4-5-10(12)8(2)6-9/h4-6,14H,3,7,13H2,1-2H3. The van der Waals surface area contributed by atoms with Gasteiger partial charge < -0.3 is 10.8 Å². The first-order valence-electron chi connectivity index (χ1n) is 4.72. The van der Waals surface area contributed by atoms with Crippen molar-refractivity contribution in [2.24, 2.45) is 5.73 Å². The Balaban J connectivity index is 3.12. The van der Waals surface area contributed by atoms with E-state index in [-0.39, 0.29) is 12.4 Å². The summed E-state index contributed by atoms with van der Waals surface area (Å²) >= 11 is 0. The van der Waals surface area contributed by atoms with Gasteiger partial charge in [0.15, 0.2) is 0 Å². The van der Waals surface area contributed by atoms with Crippen LogP contribution in [-0.4, -0.2) is 11.7 Å². The molecule has 14 heavy (non-hydrogen) atoms. The van der Waals surface area contributed by atoms with Crippen LogP contribution >= 0.6 is 0 Å². The normalized spacial score (nSPS) is 15.2. The predicted molar refractivity (Wildman–Crippen MR) is 54.4 cm³/mol. The molecular formula is C11H16FNO. The summed E-state index contributed by atoms with van der Waals surface area (Å²) < 4.78 is 13.0. The van der Waals surface area contributed by atoms with Crippen LogP contribution in [0.2, 0.25) is 0 Å². The molecule has 0 fully saturated rings. The first-order chi connectivity index (χ1) is 6.53. The quantitative estimate of drug-likeness (QED) is 0.774. The van der Waals surface area contributed by atoms with E-state index in [0.29, 0.717) is 17.5 Å². The molecule has 3 heteroatoms. The maximum absolute atomic E-state index is 13.0. The summed E-state index contributed by atoms with van der Waals surface area (Å²) in [6, 6.07) is 4.59. The number of rotatable bonds is 3. The van der Waals surface area contributed by atoms with Crippen molar-refractivity contribution < 1.29 is 9.50 Å². The molecule has 3 N–H and O–H groups in total. The Kier molecular flexibility index (Phi) is 3.24. The van der Waals surface area contributed by atoms with E-state index in [1.807, 2.05) is 6.92 Å². The zero-order valence-electron chi connectivity index (χ0n) is 8.55. The summed E-state index contributed by atoms with van der Waals surface area (Å²) in [4.78, 5) is 0. The lowest BCUT2D eigenvalue weighted by Gasteiger charge is -2.25. The third-order valence-electron chi connectivity index (χ3n) is 2.62. The molecule has 0 aromatic heterocycles. The van der Waals surface area contributed by atoms with Crippen molar-refractivity contribution in [2.45, 2.75) is 25.9 Å². The summed E-state index contributed by atoms with van der Waals surface area (Å²) in [6.07, 6.45) is 0.522. The number of hydrogen-bond acceptors (Lipinski definition) is 2. The van der Waals surface area contributed by atoms with Crippen molar-refractivity contribution in [3.63, 3.8) is 0 Å². The van der Waals surface area contributed by atoms with Crippen molar-refractivity contribution in [1.29, 1.82) is 0 Å². The number of benzene rings is 1. The Morgan fingerprint density at radius 2 is 2.14 bits per heavy atom. The number of halogens is 1. The summed E-state index contributed by atoms with van der Waals surface area (Å²) in [6.45, 7) is 3.67. The summed E-state index contributed by atoms with van der Waals surface area (Å²) in [5.74, 6) is -0.260. The van der Waals surface area contributed by atoms with Crippen LogP contribution < -0.4 is 5.73 Å². The lowest BCUT2D eigenvalue weighted by molar-refractivity contribution is 0.0417. The second kappa shape index (κ2) is 4.07. The molecule has 78 valence electrons. The van der Waals surface area contributed by atoms with E-state index in [1.165, 1.54) is 6.07 Å². The number of aliphatic hydroxyl groups is 1. The maximum Gasteiger partial charge on any atom is 0.126 e. The van der Waals surface area contributed by atoms with Gasteiger partial charge in [0.05, 0.1) is 0 Å². The first kappa shape index (κ1) is 11.1. The van der Waals surface area contributed by atoms with Gasteiger partial charge in [-0.1, -0.05) is 19.1 Å². The Bertz CT molecular complexity index is 321. The van der Waals surface area contributed by atoms with Crippen LogP contribution in [0.5, 0.6) is 0 Å². The van der Waals surface area contributed by atoms with Crippen LogP contribution in [-0.2, 0) is 5.60 Å². The highest BCUT2D eigenvalue weighted by Crippen LogP contribution is 2.25. The minimum atomic E-state index is -1.03. The van der Waals surface area contributed by atoms with E-state index in [0.717, 1.165) is 0 Å². The molecular weight excluding hydrogens is 181 g/mol. The van der Waals surface area contributed by atoms with Crippen LogP contribution in [0.1, 0.15) is 24.5 Å². The molecule has 1 aromatic rings. The molecule has 0 saturated heterocycles. The van der Waals surface area contributed by atoms with Crippen molar-refractivity contribution in [1.82, 2.24) is 0 Å². The second-order valence-electron chi connectivity index (χ2n) is 3.55. The number of hydrogen-bond donors (Lipinski definition) is 2. The molecule has 0 aliphatic heterocycles. The SMILES string of the molecule is CCC(O)(CN)c1ccc(F)c(C)c1. The van der Waals surface area contributed by atoms with Crippen LogP contribution in [0, 0.1) is 12.7 Å². The number of aryl methyl sites for hydroxylation is 1. The molecule has 0 saturated carbocycles. The van der Waals surface area contributed by atoms with E-state index in [1.54, 1.807) is 19.1 Å². The van der Waals surface area contributed by atoms with E-state index in [2.05, 4.69) is 0 Å². The van der Waals surface area contributed by atoms with Crippen molar-refractivity contribution in [2.75, 3.05) is 6.54 Å². The molecule has 0 spiro atoms. The Morgan fingerprint density at radius 3 is 2.57 bits per heavy atom. The van der Waals surface area contributed by atoms with Crippen LogP contribution in [0.25, 0.3) is 0 Å². The molecule has 1 rings (SSSR count). The van der Waals surface area contributed by atoms with Crippen LogP contribution in [0.3, 0.4) is 0 Å². The molecule has 0 radical (unpaired) electrons.